The third-order valence-electron chi connectivity index (χ3n) is 6.28. The Kier molecular flexibility index (Phi) is 9.93. The van der Waals surface area contributed by atoms with Crippen LogP contribution in [0.1, 0.15) is 43.2 Å². The van der Waals surface area contributed by atoms with Crippen LogP contribution < -0.4 is 15.5 Å². The molecule has 0 aliphatic carbocycles. The van der Waals surface area contributed by atoms with Gasteiger partial charge in [-0.15, -0.1) is 35.3 Å². The smallest absolute Gasteiger partial charge is 0.191 e. The summed E-state index contributed by atoms with van der Waals surface area (Å²) in [5.41, 5.74) is 2.81. The largest absolute Gasteiger partial charge is 0.363 e. The minimum atomic E-state index is 0. The Balaban J connectivity index is 0.00000272. The van der Waals surface area contributed by atoms with Crippen LogP contribution in [0.2, 0.25) is 0 Å². The molecule has 7 heteroatoms. The van der Waals surface area contributed by atoms with Crippen LogP contribution in [-0.2, 0) is 13.1 Å². The van der Waals surface area contributed by atoms with E-state index in [2.05, 4.69) is 67.2 Å². The maximum Gasteiger partial charge on any atom is 0.191 e. The van der Waals surface area contributed by atoms with E-state index < -0.39 is 0 Å². The van der Waals surface area contributed by atoms with E-state index in [4.69, 9.17) is 0 Å². The molecule has 0 radical (unpaired) electrons. The van der Waals surface area contributed by atoms with E-state index in [-0.39, 0.29) is 24.0 Å². The number of halogens is 1. The van der Waals surface area contributed by atoms with E-state index in [9.17, 15) is 0 Å². The molecule has 4 rings (SSSR count). The molecule has 5 nitrogen and oxygen atoms in total. The number of hydrogen-bond acceptors (Lipinski definition) is 4. The first-order valence-corrected chi connectivity index (χ1v) is 12.2. The fraction of sp³-hybridized carbons (Fsp3) is 0.542. The molecule has 0 spiro atoms. The van der Waals surface area contributed by atoms with Crippen LogP contribution in [0.15, 0.2) is 46.8 Å². The van der Waals surface area contributed by atoms with Crippen molar-refractivity contribution in [1.29, 1.82) is 0 Å². The minimum absolute atomic E-state index is 0. The van der Waals surface area contributed by atoms with Crippen LogP contribution in [0, 0.1) is 0 Å². The van der Waals surface area contributed by atoms with Gasteiger partial charge in [0, 0.05) is 39.3 Å². The van der Waals surface area contributed by atoms with Gasteiger partial charge in [0.15, 0.2) is 5.96 Å². The van der Waals surface area contributed by atoms with Gasteiger partial charge in [0.05, 0.1) is 5.00 Å². The lowest BCUT2D eigenvalue weighted by Crippen LogP contribution is -2.48. The van der Waals surface area contributed by atoms with Crippen molar-refractivity contribution in [2.24, 2.45) is 4.99 Å². The number of rotatable bonds is 6. The molecule has 2 saturated heterocycles. The second-order valence-corrected chi connectivity index (χ2v) is 9.31. The van der Waals surface area contributed by atoms with Crippen LogP contribution in [-0.4, -0.2) is 50.1 Å². The summed E-state index contributed by atoms with van der Waals surface area (Å²) >= 11 is 1.83. The maximum absolute atomic E-state index is 4.48. The Hall–Kier alpha value is -1.32. The lowest BCUT2D eigenvalue weighted by Gasteiger charge is -2.33. The number of thiophene rings is 1. The van der Waals surface area contributed by atoms with Crippen molar-refractivity contribution in [2.45, 2.75) is 51.2 Å². The molecule has 1 aromatic heterocycles. The topological polar surface area (TPSA) is 42.9 Å². The number of hydrogen-bond donors (Lipinski definition) is 2. The fourth-order valence-electron chi connectivity index (χ4n) is 4.50. The summed E-state index contributed by atoms with van der Waals surface area (Å²) in [4.78, 5) is 9.57. The Morgan fingerprint density at radius 2 is 1.74 bits per heavy atom. The summed E-state index contributed by atoms with van der Waals surface area (Å²) in [6.07, 6.45) is 6.34. The minimum Gasteiger partial charge on any atom is -0.363 e. The van der Waals surface area contributed by atoms with E-state index in [1.807, 2.05) is 18.4 Å². The number of piperidine rings is 2. The lowest BCUT2D eigenvalue weighted by molar-refractivity contribution is 0.220. The van der Waals surface area contributed by atoms with Crippen molar-refractivity contribution in [3.63, 3.8) is 0 Å². The number of anilines is 1. The quantitative estimate of drug-likeness (QED) is 0.310. The van der Waals surface area contributed by atoms with E-state index >= 15 is 0 Å². The SMILES string of the molecule is CN=C(NCc1ccccc1CN1CCCCC1)NC1CCN(c2cccs2)CC1.I. The Morgan fingerprint density at radius 3 is 2.42 bits per heavy atom. The molecule has 0 atom stereocenters. The summed E-state index contributed by atoms with van der Waals surface area (Å²) in [6.45, 7) is 6.55. The molecular formula is C24H36IN5S. The van der Waals surface area contributed by atoms with Crippen molar-refractivity contribution < 1.29 is 0 Å². The Bertz CT molecular complexity index is 796. The lowest BCUT2D eigenvalue weighted by atomic mass is 10.0. The molecular weight excluding hydrogens is 517 g/mol. The van der Waals surface area contributed by atoms with E-state index in [1.165, 1.54) is 48.5 Å². The van der Waals surface area contributed by atoms with Gasteiger partial charge in [-0.3, -0.25) is 9.89 Å². The molecule has 0 amide bonds. The van der Waals surface area contributed by atoms with Crippen LogP contribution in [0.5, 0.6) is 0 Å². The molecule has 0 saturated carbocycles. The molecule has 2 aliphatic heterocycles. The van der Waals surface area contributed by atoms with E-state index in [0.717, 1.165) is 45.0 Å². The first kappa shape index (κ1) is 24.3. The van der Waals surface area contributed by atoms with Gasteiger partial charge in [0.2, 0.25) is 0 Å². The van der Waals surface area contributed by atoms with Crippen molar-refractivity contribution >= 4 is 46.3 Å². The highest BCUT2D eigenvalue weighted by atomic mass is 127. The second-order valence-electron chi connectivity index (χ2n) is 8.39. The van der Waals surface area contributed by atoms with Crippen LogP contribution in [0.4, 0.5) is 5.00 Å². The van der Waals surface area contributed by atoms with Gasteiger partial charge >= 0.3 is 0 Å². The molecule has 0 unspecified atom stereocenters. The number of nitrogens with zero attached hydrogens (tertiary/aromatic N) is 3. The average Bonchev–Trinajstić information content (AvgIpc) is 3.34. The maximum atomic E-state index is 4.48. The number of guanidine groups is 1. The van der Waals surface area contributed by atoms with Crippen molar-refractivity contribution in [3.8, 4) is 0 Å². The molecule has 3 heterocycles. The van der Waals surface area contributed by atoms with Gasteiger partial charge in [-0.05, 0) is 67.4 Å². The summed E-state index contributed by atoms with van der Waals surface area (Å²) in [7, 11) is 1.87. The average molecular weight is 554 g/mol. The zero-order valence-corrected chi connectivity index (χ0v) is 21.7. The van der Waals surface area contributed by atoms with E-state index in [0.29, 0.717) is 6.04 Å². The predicted molar refractivity (Wildman–Crippen MR) is 144 cm³/mol. The molecule has 170 valence electrons. The highest BCUT2D eigenvalue weighted by Crippen LogP contribution is 2.24. The zero-order valence-electron chi connectivity index (χ0n) is 18.6. The van der Waals surface area contributed by atoms with Gasteiger partial charge in [0.1, 0.15) is 0 Å². The zero-order chi connectivity index (χ0) is 20.6. The van der Waals surface area contributed by atoms with Gasteiger partial charge < -0.3 is 15.5 Å². The van der Waals surface area contributed by atoms with Crippen molar-refractivity contribution in [3.05, 3.63) is 52.9 Å². The van der Waals surface area contributed by atoms with Crippen LogP contribution in [0.25, 0.3) is 0 Å². The summed E-state index contributed by atoms with van der Waals surface area (Å²) in [6, 6.07) is 13.7. The van der Waals surface area contributed by atoms with Gasteiger partial charge in [0.25, 0.3) is 0 Å². The summed E-state index contributed by atoms with van der Waals surface area (Å²) in [5.74, 6) is 0.914. The number of likely N-dealkylation sites (tertiary alicyclic amines) is 1. The summed E-state index contributed by atoms with van der Waals surface area (Å²) in [5, 5.41) is 10.8. The van der Waals surface area contributed by atoms with E-state index in [1.54, 1.807) is 0 Å². The highest BCUT2D eigenvalue weighted by molar-refractivity contribution is 14.0. The normalized spacial score (nSPS) is 18.5. The second kappa shape index (κ2) is 12.6. The van der Waals surface area contributed by atoms with Gasteiger partial charge in [-0.1, -0.05) is 30.7 Å². The molecule has 2 aliphatic rings. The number of nitrogens with one attached hydrogen (secondary N) is 2. The van der Waals surface area contributed by atoms with Crippen molar-refractivity contribution in [1.82, 2.24) is 15.5 Å². The molecule has 1 aromatic carbocycles. The summed E-state index contributed by atoms with van der Waals surface area (Å²) < 4.78 is 0. The van der Waals surface area contributed by atoms with Gasteiger partial charge in [-0.2, -0.15) is 0 Å². The third-order valence-corrected chi connectivity index (χ3v) is 7.21. The van der Waals surface area contributed by atoms with Gasteiger partial charge in [-0.25, -0.2) is 0 Å². The first-order chi connectivity index (χ1) is 14.8. The molecule has 2 N–H and O–H groups in total. The highest BCUT2D eigenvalue weighted by Gasteiger charge is 2.21. The number of benzene rings is 1. The first-order valence-electron chi connectivity index (χ1n) is 11.4. The van der Waals surface area contributed by atoms with Crippen LogP contribution in [0.3, 0.4) is 0 Å². The molecule has 2 fully saturated rings. The van der Waals surface area contributed by atoms with Crippen molar-refractivity contribution in [2.75, 3.05) is 38.1 Å². The molecule has 0 bridgehead atoms. The monoisotopic (exact) mass is 553 g/mol. The standard InChI is InChI=1S/C24H35N5S.HI/c1-25-24(27-22-11-15-29(16-12-22)23-10-7-17-30-23)26-18-20-8-3-4-9-21(20)19-28-13-5-2-6-14-28;/h3-4,7-10,17,22H,2,5-6,11-16,18-19H2,1H3,(H2,25,26,27);1H. The fourth-order valence-corrected chi connectivity index (χ4v) is 5.29. The molecule has 2 aromatic rings. The molecule has 31 heavy (non-hydrogen) atoms. The Labute approximate surface area is 208 Å². The predicted octanol–water partition coefficient (Wildman–Crippen LogP) is 4.69. The number of aliphatic imine (C=N–C) groups is 1. The Morgan fingerprint density at radius 1 is 1.00 bits per heavy atom. The third kappa shape index (κ3) is 7.08. The van der Waals surface area contributed by atoms with Crippen LogP contribution >= 0.6 is 35.3 Å².